The standard InChI is InChI=1S/C13H15Cl2NO2/c1-16(9-5-8-12(14)15)13(17)18-10-11-6-3-2-4-7-11/h2-4,6-8H,5,9-10H2,1H3. The van der Waals surface area contributed by atoms with Gasteiger partial charge in [-0.1, -0.05) is 59.6 Å². The first-order chi connectivity index (χ1) is 8.59. The van der Waals surface area contributed by atoms with Crippen LogP contribution in [0.15, 0.2) is 40.9 Å². The Bertz CT molecular complexity index is 403. The fourth-order valence-corrected chi connectivity index (χ4v) is 1.51. The van der Waals surface area contributed by atoms with Gasteiger partial charge in [-0.3, -0.25) is 0 Å². The lowest BCUT2D eigenvalue weighted by molar-refractivity contribution is 0.105. The average molecular weight is 288 g/mol. The van der Waals surface area contributed by atoms with Gasteiger partial charge in [-0.2, -0.15) is 0 Å². The van der Waals surface area contributed by atoms with Gasteiger partial charge in [0.05, 0.1) is 0 Å². The van der Waals surface area contributed by atoms with Gasteiger partial charge in [0.2, 0.25) is 0 Å². The molecule has 0 radical (unpaired) electrons. The van der Waals surface area contributed by atoms with Gasteiger partial charge in [0.25, 0.3) is 0 Å². The molecule has 0 spiro atoms. The van der Waals surface area contributed by atoms with Gasteiger partial charge >= 0.3 is 6.09 Å². The molecule has 1 amide bonds. The molecule has 0 saturated carbocycles. The maximum atomic E-state index is 11.6. The van der Waals surface area contributed by atoms with E-state index in [1.54, 1.807) is 13.1 Å². The van der Waals surface area contributed by atoms with Crippen LogP contribution < -0.4 is 0 Å². The molecular formula is C13H15Cl2NO2. The summed E-state index contributed by atoms with van der Waals surface area (Å²) in [5.74, 6) is 0. The third-order valence-electron chi connectivity index (χ3n) is 2.28. The number of hydrogen-bond acceptors (Lipinski definition) is 2. The highest BCUT2D eigenvalue weighted by Gasteiger charge is 2.08. The molecule has 0 aliphatic rings. The number of hydrogen-bond donors (Lipinski definition) is 0. The Morgan fingerprint density at radius 3 is 2.61 bits per heavy atom. The minimum absolute atomic E-state index is 0.209. The number of nitrogens with zero attached hydrogens (tertiary/aromatic N) is 1. The predicted octanol–water partition coefficient (Wildman–Crippen LogP) is 3.96. The van der Waals surface area contributed by atoms with Gasteiger partial charge in [-0.25, -0.2) is 4.79 Å². The molecular weight excluding hydrogens is 273 g/mol. The summed E-state index contributed by atoms with van der Waals surface area (Å²) in [5, 5.41) is 0. The van der Waals surface area contributed by atoms with Crippen molar-refractivity contribution in [1.29, 1.82) is 0 Å². The largest absolute Gasteiger partial charge is 0.445 e. The molecule has 0 aliphatic carbocycles. The number of rotatable bonds is 5. The van der Waals surface area contributed by atoms with Gasteiger partial charge in [-0.05, 0) is 12.0 Å². The van der Waals surface area contributed by atoms with E-state index in [-0.39, 0.29) is 17.2 Å². The average Bonchev–Trinajstić information content (AvgIpc) is 2.36. The normalized spacial score (nSPS) is 9.72. The fraction of sp³-hybridized carbons (Fsp3) is 0.308. The summed E-state index contributed by atoms with van der Waals surface area (Å²) in [4.78, 5) is 13.1. The van der Waals surface area contributed by atoms with E-state index >= 15 is 0 Å². The van der Waals surface area contributed by atoms with Crippen molar-refractivity contribution in [3.8, 4) is 0 Å². The van der Waals surface area contributed by atoms with Crippen molar-refractivity contribution in [2.24, 2.45) is 0 Å². The Morgan fingerprint density at radius 1 is 1.33 bits per heavy atom. The lowest BCUT2D eigenvalue weighted by Crippen LogP contribution is -2.28. The zero-order chi connectivity index (χ0) is 13.4. The fourth-order valence-electron chi connectivity index (χ4n) is 1.29. The number of carbonyl (C=O) groups excluding carboxylic acids is 1. The number of halogens is 2. The van der Waals surface area contributed by atoms with E-state index in [0.29, 0.717) is 13.0 Å². The van der Waals surface area contributed by atoms with Crippen molar-refractivity contribution in [3.05, 3.63) is 46.5 Å². The topological polar surface area (TPSA) is 29.5 Å². The van der Waals surface area contributed by atoms with Gasteiger partial charge in [0, 0.05) is 13.6 Å². The van der Waals surface area contributed by atoms with Crippen LogP contribution in [0, 0.1) is 0 Å². The lowest BCUT2D eigenvalue weighted by atomic mass is 10.2. The van der Waals surface area contributed by atoms with Crippen LogP contribution in [0.4, 0.5) is 4.79 Å². The lowest BCUT2D eigenvalue weighted by Gasteiger charge is -2.15. The van der Waals surface area contributed by atoms with Gasteiger partial charge in [0.1, 0.15) is 11.1 Å². The van der Waals surface area contributed by atoms with Crippen LogP contribution in [0.2, 0.25) is 0 Å². The number of amides is 1. The molecule has 1 aromatic carbocycles. The molecule has 1 rings (SSSR count). The molecule has 0 aromatic heterocycles. The molecule has 0 bridgehead atoms. The van der Waals surface area contributed by atoms with Gasteiger partial charge in [0.15, 0.2) is 0 Å². The molecule has 0 unspecified atom stereocenters. The molecule has 98 valence electrons. The highest BCUT2D eigenvalue weighted by molar-refractivity contribution is 6.55. The van der Waals surface area contributed by atoms with Crippen molar-refractivity contribution in [2.45, 2.75) is 13.0 Å². The number of benzene rings is 1. The smallest absolute Gasteiger partial charge is 0.409 e. The second-order valence-corrected chi connectivity index (χ2v) is 4.75. The third kappa shape index (κ3) is 5.94. The van der Waals surface area contributed by atoms with Crippen molar-refractivity contribution < 1.29 is 9.53 Å². The van der Waals surface area contributed by atoms with Crippen molar-refractivity contribution in [1.82, 2.24) is 4.90 Å². The van der Waals surface area contributed by atoms with Crippen molar-refractivity contribution >= 4 is 29.3 Å². The van der Waals surface area contributed by atoms with Gasteiger partial charge in [-0.15, -0.1) is 0 Å². The first-order valence-electron chi connectivity index (χ1n) is 5.52. The van der Waals surface area contributed by atoms with E-state index < -0.39 is 0 Å². The third-order valence-corrected chi connectivity index (χ3v) is 2.59. The van der Waals surface area contributed by atoms with Crippen LogP contribution in [0.25, 0.3) is 0 Å². The Kier molecular flexibility index (Phi) is 6.61. The van der Waals surface area contributed by atoms with E-state index in [2.05, 4.69) is 0 Å². The summed E-state index contributed by atoms with van der Waals surface area (Å²) in [6, 6.07) is 9.53. The summed E-state index contributed by atoms with van der Waals surface area (Å²) < 4.78 is 5.36. The van der Waals surface area contributed by atoms with Crippen LogP contribution in [-0.4, -0.2) is 24.6 Å². The second-order valence-electron chi connectivity index (χ2n) is 3.74. The maximum absolute atomic E-state index is 11.6. The van der Waals surface area contributed by atoms with E-state index in [9.17, 15) is 4.79 Å². The molecule has 18 heavy (non-hydrogen) atoms. The maximum Gasteiger partial charge on any atom is 0.409 e. The summed E-state index contributed by atoms with van der Waals surface area (Å²) >= 11 is 10.9. The molecule has 3 nitrogen and oxygen atoms in total. The first kappa shape index (κ1) is 14.9. The summed E-state index contributed by atoms with van der Waals surface area (Å²) in [6.45, 7) is 0.784. The van der Waals surface area contributed by atoms with E-state index in [0.717, 1.165) is 5.56 Å². The minimum atomic E-state index is -0.363. The van der Waals surface area contributed by atoms with Crippen LogP contribution in [-0.2, 0) is 11.3 Å². The molecule has 0 aliphatic heterocycles. The van der Waals surface area contributed by atoms with Crippen LogP contribution in [0.3, 0.4) is 0 Å². The number of carbonyl (C=O) groups is 1. The number of ether oxygens (including phenoxy) is 1. The predicted molar refractivity (Wildman–Crippen MR) is 73.7 cm³/mol. The zero-order valence-corrected chi connectivity index (χ0v) is 11.6. The summed E-state index contributed by atoms with van der Waals surface area (Å²) in [7, 11) is 1.67. The van der Waals surface area contributed by atoms with Crippen molar-refractivity contribution in [2.75, 3.05) is 13.6 Å². The van der Waals surface area contributed by atoms with Crippen molar-refractivity contribution in [3.63, 3.8) is 0 Å². The second kappa shape index (κ2) is 8.01. The Balaban J connectivity index is 2.30. The van der Waals surface area contributed by atoms with Crippen LogP contribution in [0.1, 0.15) is 12.0 Å². The zero-order valence-electron chi connectivity index (χ0n) is 10.1. The molecule has 0 N–H and O–H groups in total. The molecule has 0 heterocycles. The Hall–Kier alpha value is -1.19. The Morgan fingerprint density at radius 2 is 2.00 bits per heavy atom. The highest BCUT2D eigenvalue weighted by atomic mass is 35.5. The Labute approximate surface area is 117 Å². The monoisotopic (exact) mass is 287 g/mol. The van der Waals surface area contributed by atoms with Crippen LogP contribution >= 0.6 is 23.2 Å². The van der Waals surface area contributed by atoms with Crippen LogP contribution in [0.5, 0.6) is 0 Å². The molecule has 1 aromatic rings. The van der Waals surface area contributed by atoms with E-state index in [1.165, 1.54) is 4.90 Å². The molecule has 0 saturated heterocycles. The van der Waals surface area contributed by atoms with E-state index in [1.807, 2.05) is 30.3 Å². The molecule has 5 heteroatoms. The minimum Gasteiger partial charge on any atom is -0.445 e. The molecule has 0 fully saturated rings. The van der Waals surface area contributed by atoms with Gasteiger partial charge < -0.3 is 9.64 Å². The van der Waals surface area contributed by atoms with E-state index in [4.69, 9.17) is 27.9 Å². The summed E-state index contributed by atoms with van der Waals surface area (Å²) in [6.07, 6.45) is 1.88. The highest BCUT2D eigenvalue weighted by Crippen LogP contribution is 2.08. The first-order valence-corrected chi connectivity index (χ1v) is 6.28. The quantitative estimate of drug-likeness (QED) is 0.820. The molecule has 0 atom stereocenters. The SMILES string of the molecule is CN(CCC=C(Cl)Cl)C(=O)OCc1ccccc1. The summed E-state index contributed by atoms with van der Waals surface area (Å²) in [5.41, 5.74) is 0.961.